The van der Waals surface area contributed by atoms with Gasteiger partial charge in [-0.1, -0.05) is 13.0 Å². The molecule has 0 saturated heterocycles. The van der Waals surface area contributed by atoms with Gasteiger partial charge in [0.15, 0.2) is 0 Å². The van der Waals surface area contributed by atoms with Crippen molar-refractivity contribution in [3.8, 4) is 5.75 Å². The zero-order chi connectivity index (χ0) is 14.8. The maximum absolute atomic E-state index is 12.5. The Labute approximate surface area is 138 Å². The fraction of sp³-hybridized carbons (Fsp3) is 0.588. The molecule has 1 aromatic carbocycles. The van der Waals surface area contributed by atoms with Gasteiger partial charge in [0, 0.05) is 17.8 Å². The first kappa shape index (κ1) is 17.1. The molecule has 2 saturated carbocycles. The molecule has 2 bridgehead atoms. The quantitative estimate of drug-likeness (QED) is 0.874. The highest BCUT2D eigenvalue weighted by molar-refractivity contribution is 5.93. The van der Waals surface area contributed by atoms with E-state index in [1.54, 1.807) is 0 Å². The highest BCUT2D eigenvalue weighted by atomic mass is 35.5. The number of halogens is 1. The van der Waals surface area contributed by atoms with E-state index < -0.39 is 0 Å². The molecule has 5 heteroatoms. The van der Waals surface area contributed by atoms with Crippen LogP contribution >= 0.6 is 12.4 Å². The monoisotopic (exact) mass is 324 g/mol. The fourth-order valence-corrected chi connectivity index (χ4v) is 3.83. The molecule has 122 valence electrons. The fourth-order valence-electron chi connectivity index (χ4n) is 3.83. The summed E-state index contributed by atoms with van der Waals surface area (Å²) in [4.78, 5) is 12.5. The van der Waals surface area contributed by atoms with Crippen LogP contribution in [-0.4, -0.2) is 18.6 Å². The van der Waals surface area contributed by atoms with Crippen molar-refractivity contribution in [1.29, 1.82) is 0 Å². The average Bonchev–Trinajstić information content (AvgIpc) is 3.06. The van der Waals surface area contributed by atoms with Gasteiger partial charge in [-0.05, 0) is 49.7 Å². The molecule has 4 nitrogen and oxygen atoms in total. The number of hydrogen-bond donors (Lipinski definition) is 2. The number of fused-ring (bicyclic) bond motifs is 2. The molecule has 0 radical (unpaired) electrons. The maximum Gasteiger partial charge on any atom is 0.229 e. The van der Waals surface area contributed by atoms with Gasteiger partial charge in [0.05, 0.1) is 12.5 Å². The Hall–Kier alpha value is -1.26. The van der Waals surface area contributed by atoms with E-state index in [9.17, 15) is 4.79 Å². The molecular weight excluding hydrogens is 300 g/mol. The highest BCUT2D eigenvalue weighted by Crippen LogP contribution is 2.47. The predicted octanol–water partition coefficient (Wildman–Crippen LogP) is 3.21. The van der Waals surface area contributed by atoms with Crippen molar-refractivity contribution in [2.75, 3.05) is 11.9 Å². The summed E-state index contributed by atoms with van der Waals surface area (Å²) in [6, 6.07) is 7.63. The molecule has 4 atom stereocenters. The minimum atomic E-state index is -0.0241. The molecule has 2 fully saturated rings. The lowest BCUT2D eigenvalue weighted by Gasteiger charge is -2.27. The Morgan fingerprint density at radius 2 is 2.14 bits per heavy atom. The van der Waals surface area contributed by atoms with E-state index in [1.807, 2.05) is 24.3 Å². The molecule has 2 aliphatic carbocycles. The Morgan fingerprint density at radius 1 is 1.36 bits per heavy atom. The third kappa shape index (κ3) is 3.39. The summed E-state index contributed by atoms with van der Waals surface area (Å²) in [6.45, 7) is 2.76. The highest BCUT2D eigenvalue weighted by Gasteiger charge is 2.49. The van der Waals surface area contributed by atoms with Crippen molar-refractivity contribution < 1.29 is 9.53 Å². The third-order valence-electron chi connectivity index (χ3n) is 4.86. The Bertz CT molecular complexity index is 521. The second-order valence-corrected chi connectivity index (χ2v) is 6.30. The predicted molar refractivity (Wildman–Crippen MR) is 90.4 cm³/mol. The van der Waals surface area contributed by atoms with E-state index in [0.29, 0.717) is 18.4 Å². The number of carbonyl (C=O) groups is 1. The number of ether oxygens (including phenoxy) is 1. The van der Waals surface area contributed by atoms with Gasteiger partial charge in [-0.25, -0.2) is 0 Å². The van der Waals surface area contributed by atoms with Gasteiger partial charge in [-0.3, -0.25) is 4.79 Å². The maximum atomic E-state index is 12.5. The number of hydrogen-bond acceptors (Lipinski definition) is 3. The number of carbonyl (C=O) groups excluding carboxylic acids is 1. The second-order valence-electron chi connectivity index (χ2n) is 6.30. The molecule has 0 aromatic heterocycles. The lowest BCUT2D eigenvalue weighted by molar-refractivity contribution is -0.121. The standard InChI is InChI=1S/C17H24N2O2.ClH/c1-2-8-21-14-5-3-4-13(10-14)19-17(20)15-11-6-7-12(9-11)16(15)18;/h3-5,10-12,15-16H,2,6-9,18H2,1H3,(H,19,20);1H. The third-order valence-corrected chi connectivity index (χ3v) is 4.86. The molecule has 2 aliphatic rings. The number of amides is 1. The van der Waals surface area contributed by atoms with E-state index >= 15 is 0 Å². The van der Waals surface area contributed by atoms with Crippen LogP contribution < -0.4 is 15.8 Å². The van der Waals surface area contributed by atoms with Crippen molar-refractivity contribution >= 4 is 24.0 Å². The molecule has 22 heavy (non-hydrogen) atoms. The summed E-state index contributed by atoms with van der Waals surface area (Å²) in [5, 5.41) is 3.02. The van der Waals surface area contributed by atoms with Crippen LogP contribution in [0, 0.1) is 17.8 Å². The summed E-state index contributed by atoms with van der Waals surface area (Å²) >= 11 is 0. The van der Waals surface area contributed by atoms with Crippen LogP contribution in [0.4, 0.5) is 5.69 Å². The van der Waals surface area contributed by atoms with Gasteiger partial charge >= 0.3 is 0 Å². The molecule has 3 rings (SSSR count). The Morgan fingerprint density at radius 3 is 2.82 bits per heavy atom. The van der Waals surface area contributed by atoms with Gasteiger partial charge < -0.3 is 15.8 Å². The summed E-state index contributed by atoms with van der Waals surface area (Å²) in [5.74, 6) is 1.87. The molecule has 0 aliphatic heterocycles. The smallest absolute Gasteiger partial charge is 0.229 e. The Kier molecular flexibility index (Phi) is 5.70. The second kappa shape index (κ2) is 7.34. The molecular formula is C17H25ClN2O2. The van der Waals surface area contributed by atoms with Crippen molar-refractivity contribution in [2.45, 2.75) is 38.6 Å². The largest absolute Gasteiger partial charge is 0.494 e. The molecule has 0 spiro atoms. The van der Waals surface area contributed by atoms with E-state index in [4.69, 9.17) is 10.5 Å². The summed E-state index contributed by atoms with van der Waals surface area (Å²) < 4.78 is 5.60. The first-order valence-corrected chi connectivity index (χ1v) is 7.98. The number of benzene rings is 1. The van der Waals surface area contributed by atoms with E-state index in [-0.39, 0.29) is 30.3 Å². The van der Waals surface area contributed by atoms with Crippen molar-refractivity contribution in [2.24, 2.45) is 23.5 Å². The Balaban J connectivity index is 0.00000176. The molecule has 1 aromatic rings. The first-order valence-electron chi connectivity index (χ1n) is 7.98. The van der Waals surface area contributed by atoms with E-state index in [2.05, 4.69) is 12.2 Å². The molecule has 1 amide bonds. The van der Waals surface area contributed by atoms with Crippen LogP contribution in [0.5, 0.6) is 5.75 Å². The van der Waals surface area contributed by atoms with Crippen LogP contribution in [0.1, 0.15) is 32.6 Å². The summed E-state index contributed by atoms with van der Waals surface area (Å²) in [6.07, 6.45) is 4.43. The SMILES string of the molecule is CCCOc1cccc(NC(=O)C2C3CCC(C3)C2N)c1.Cl. The molecule has 0 heterocycles. The lowest BCUT2D eigenvalue weighted by Crippen LogP contribution is -2.42. The van der Waals surface area contributed by atoms with Gasteiger partial charge in [0.2, 0.25) is 5.91 Å². The van der Waals surface area contributed by atoms with Gasteiger partial charge in [0.1, 0.15) is 5.75 Å². The van der Waals surface area contributed by atoms with Crippen LogP contribution in [0.3, 0.4) is 0 Å². The minimum Gasteiger partial charge on any atom is -0.494 e. The van der Waals surface area contributed by atoms with E-state index in [0.717, 1.165) is 30.7 Å². The van der Waals surface area contributed by atoms with Crippen LogP contribution in [0.15, 0.2) is 24.3 Å². The van der Waals surface area contributed by atoms with Crippen LogP contribution in [0.25, 0.3) is 0 Å². The van der Waals surface area contributed by atoms with Crippen molar-refractivity contribution in [1.82, 2.24) is 0 Å². The molecule has 3 N–H and O–H groups in total. The topological polar surface area (TPSA) is 64.3 Å². The first-order chi connectivity index (χ1) is 10.2. The zero-order valence-corrected chi connectivity index (χ0v) is 13.8. The van der Waals surface area contributed by atoms with Gasteiger partial charge in [-0.2, -0.15) is 0 Å². The van der Waals surface area contributed by atoms with Crippen molar-refractivity contribution in [3.05, 3.63) is 24.3 Å². The summed E-state index contributed by atoms with van der Waals surface area (Å²) in [5.41, 5.74) is 7.02. The number of anilines is 1. The van der Waals surface area contributed by atoms with E-state index in [1.165, 1.54) is 6.42 Å². The van der Waals surface area contributed by atoms with Crippen LogP contribution in [-0.2, 0) is 4.79 Å². The average molecular weight is 325 g/mol. The number of rotatable bonds is 5. The zero-order valence-electron chi connectivity index (χ0n) is 13.0. The lowest BCUT2D eigenvalue weighted by atomic mass is 9.84. The van der Waals surface area contributed by atoms with Gasteiger partial charge in [0.25, 0.3) is 0 Å². The van der Waals surface area contributed by atoms with Crippen LogP contribution in [0.2, 0.25) is 0 Å². The minimum absolute atomic E-state index is 0. The normalized spacial score (nSPS) is 29.0. The number of nitrogens with one attached hydrogen (secondary N) is 1. The number of nitrogens with two attached hydrogens (primary N) is 1. The van der Waals surface area contributed by atoms with Crippen molar-refractivity contribution in [3.63, 3.8) is 0 Å². The van der Waals surface area contributed by atoms with Gasteiger partial charge in [-0.15, -0.1) is 12.4 Å². The molecule has 4 unspecified atom stereocenters. The summed E-state index contributed by atoms with van der Waals surface area (Å²) in [7, 11) is 0.